The van der Waals surface area contributed by atoms with E-state index in [9.17, 15) is 4.79 Å². The largest absolute Gasteiger partial charge is 0.490 e. The van der Waals surface area contributed by atoms with Crippen LogP contribution in [0.25, 0.3) is 0 Å². The van der Waals surface area contributed by atoms with Crippen molar-refractivity contribution in [1.82, 2.24) is 5.32 Å². The summed E-state index contributed by atoms with van der Waals surface area (Å²) >= 11 is 0. The van der Waals surface area contributed by atoms with E-state index in [4.69, 9.17) is 13.9 Å². The summed E-state index contributed by atoms with van der Waals surface area (Å²) in [6, 6.07) is 7.39. The van der Waals surface area contributed by atoms with Crippen LogP contribution in [-0.2, 0) is 0 Å². The maximum Gasteiger partial charge on any atom is 0.255 e. The molecule has 122 valence electrons. The van der Waals surface area contributed by atoms with Crippen LogP contribution < -0.4 is 14.8 Å². The number of carbonyl (C=O) groups is 1. The molecule has 23 heavy (non-hydrogen) atoms. The zero-order valence-corrected chi connectivity index (χ0v) is 13.6. The quantitative estimate of drug-likeness (QED) is 0.941. The van der Waals surface area contributed by atoms with Crippen molar-refractivity contribution in [2.75, 3.05) is 13.2 Å². The van der Waals surface area contributed by atoms with Gasteiger partial charge < -0.3 is 19.2 Å². The summed E-state index contributed by atoms with van der Waals surface area (Å²) < 4.78 is 16.7. The zero-order valence-electron chi connectivity index (χ0n) is 13.6. The summed E-state index contributed by atoms with van der Waals surface area (Å²) in [6.45, 7) is 6.87. The third-order valence-electron chi connectivity index (χ3n) is 3.90. The number of hydrogen-bond acceptors (Lipinski definition) is 4. The van der Waals surface area contributed by atoms with Gasteiger partial charge in [-0.2, -0.15) is 0 Å². The minimum absolute atomic E-state index is 0.140. The third-order valence-corrected chi connectivity index (χ3v) is 3.90. The Hall–Kier alpha value is -2.43. The second kappa shape index (κ2) is 6.36. The Morgan fingerprint density at radius 1 is 1.13 bits per heavy atom. The second-order valence-corrected chi connectivity index (χ2v) is 5.78. The van der Waals surface area contributed by atoms with Crippen molar-refractivity contribution in [2.24, 2.45) is 0 Å². The molecule has 1 N–H and O–H groups in total. The minimum Gasteiger partial charge on any atom is -0.490 e. The fourth-order valence-electron chi connectivity index (χ4n) is 2.66. The topological polar surface area (TPSA) is 60.7 Å². The number of carbonyl (C=O) groups excluding carboxylic acids is 1. The molecule has 2 heterocycles. The van der Waals surface area contributed by atoms with E-state index in [2.05, 4.69) is 5.32 Å². The van der Waals surface area contributed by atoms with E-state index in [1.165, 1.54) is 0 Å². The average Bonchev–Trinajstić information content (AvgIpc) is 2.73. The minimum atomic E-state index is -0.144. The number of hydrogen-bond donors (Lipinski definition) is 1. The fourth-order valence-corrected chi connectivity index (χ4v) is 2.66. The van der Waals surface area contributed by atoms with Crippen molar-refractivity contribution < 1.29 is 18.7 Å². The highest BCUT2D eigenvalue weighted by molar-refractivity contribution is 5.95. The van der Waals surface area contributed by atoms with Crippen molar-refractivity contribution in [3.63, 3.8) is 0 Å². The lowest BCUT2D eigenvalue weighted by molar-refractivity contribution is 0.0938. The molecule has 0 spiro atoms. The summed E-state index contributed by atoms with van der Waals surface area (Å²) in [6.07, 6.45) is 0.870. The average molecular weight is 315 g/mol. The summed E-state index contributed by atoms with van der Waals surface area (Å²) in [7, 11) is 0. The van der Waals surface area contributed by atoms with E-state index in [1.54, 1.807) is 13.0 Å². The van der Waals surface area contributed by atoms with Crippen molar-refractivity contribution in [3.8, 4) is 11.5 Å². The first-order chi connectivity index (χ1) is 11.0. The molecule has 0 fully saturated rings. The van der Waals surface area contributed by atoms with Crippen LogP contribution in [0, 0.1) is 13.8 Å². The summed E-state index contributed by atoms with van der Waals surface area (Å²) in [5, 5.41) is 2.99. The molecule has 0 aliphatic carbocycles. The lowest BCUT2D eigenvalue weighted by atomic mass is 10.1. The van der Waals surface area contributed by atoms with Gasteiger partial charge in [-0.25, -0.2) is 0 Å². The van der Waals surface area contributed by atoms with Gasteiger partial charge in [0.15, 0.2) is 11.5 Å². The second-order valence-electron chi connectivity index (χ2n) is 5.78. The first-order valence-corrected chi connectivity index (χ1v) is 7.82. The number of amides is 1. The number of rotatable bonds is 3. The Balaban J connectivity index is 1.75. The molecule has 1 aliphatic rings. The molecule has 5 nitrogen and oxygen atoms in total. The van der Waals surface area contributed by atoms with Crippen molar-refractivity contribution in [2.45, 2.75) is 33.2 Å². The maximum atomic E-state index is 12.4. The highest BCUT2D eigenvalue weighted by Crippen LogP contribution is 2.32. The molecular weight excluding hydrogens is 294 g/mol. The maximum absolute atomic E-state index is 12.4. The van der Waals surface area contributed by atoms with Gasteiger partial charge in [0.25, 0.3) is 5.91 Å². The van der Waals surface area contributed by atoms with Crippen molar-refractivity contribution in [1.29, 1.82) is 0 Å². The van der Waals surface area contributed by atoms with Crippen LogP contribution >= 0.6 is 0 Å². The van der Waals surface area contributed by atoms with Crippen LogP contribution in [0.1, 0.15) is 46.8 Å². The highest BCUT2D eigenvalue weighted by Gasteiger charge is 2.18. The standard InChI is InChI=1S/C18H21NO4/c1-11-9-15(13(3)23-11)18(20)19-12(2)14-5-6-16-17(10-14)22-8-4-7-21-16/h5-6,9-10,12H,4,7-8H2,1-3H3,(H,19,20). The zero-order chi connectivity index (χ0) is 16.4. The van der Waals surface area contributed by atoms with E-state index in [0.29, 0.717) is 24.5 Å². The van der Waals surface area contributed by atoms with Gasteiger partial charge in [0.1, 0.15) is 11.5 Å². The van der Waals surface area contributed by atoms with Crippen molar-refractivity contribution >= 4 is 5.91 Å². The van der Waals surface area contributed by atoms with Gasteiger partial charge in [0.2, 0.25) is 0 Å². The molecule has 0 saturated heterocycles. The number of nitrogens with one attached hydrogen (secondary N) is 1. The van der Waals surface area contributed by atoms with Gasteiger partial charge in [0, 0.05) is 6.42 Å². The summed E-state index contributed by atoms with van der Waals surface area (Å²) in [4.78, 5) is 12.4. The van der Waals surface area contributed by atoms with Gasteiger partial charge in [-0.1, -0.05) is 6.07 Å². The lowest BCUT2D eigenvalue weighted by Crippen LogP contribution is -2.26. The number of ether oxygens (including phenoxy) is 2. The van der Waals surface area contributed by atoms with Crippen LogP contribution in [0.5, 0.6) is 11.5 Å². The molecule has 1 aliphatic heterocycles. The molecular formula is C18H21NO4. The fraction of sp³-hybridized carbons (Fsp3) is 0.389. The van der Waals surface area contributed by atoms with Gasteiger partial charge in [-0.3, -0.25) is 4.79 Å². The van der Waals surface area contributed by atoms with Crippen LogP contribution in [0.15, 0.2) is 28.7 Å². The molecule has 1 aromatic heterocycles. The molecule has 2 aromatic rings. The van der Waals surface area contributed by atoms with Gasteiger partial charge in [-0.15, -0.1) is 0 Å². The molecule has 0 saturated carbocycles. The normalized spacial score (nSPS) is 14.9. The Kier molecular flexibility index (Phi) is 4.28. The Bertz CT molecular complexity index is 720. The SMILES string of the molecule is Cc1cc(C(=O)NC(C)c2ccc3c(c2)OCCCO3)c(C)o1. The first-order valence-electron chi connectivity index (χ1n) is 7.82. The number of aryl methyl sites for hydroxylation is 2. The number of furan rings is 1. The smallest absolute Gasteiger partial charge is 0.255 e. The predicted molar refractivity (Wildman–Crippen MR) is 86.1 cm³/mol. The van der Waals surface area contributed by atoms with Gasteiger partial charge in [0.05, 0.1) is 24.8 Å². The van der Waals surface area contributed by atoms with Crippen LogP contribution in [0.2, 0.25) is 0 Å². The van der Waals surface area contributed by atoms with Gasteiger partial charge >= 0.3 is 0 Å². The Morgan fingerprint density at radius 2 is 1.87 bits per heavy atom. The predicted octanol–water partition coefficient (Wildman–Crippen LogP) is 3.55. The first kappa shape index (κ1) is 15.5. The number of benzene rings is 1. The van der Waals surface area contributed by atoms with Gasteiger partial charge in [-0.05, 0) is 44.5 Å². The van der Waals surface area contributed by atoms with Crippen LogP contribution in [-0.4, -0.2) is 19.1 Å². The molecule has 1 aromatic carbocycles. The Labute approximate surface area is 135 Å². The molecule has 0 bridgehead atoms. The molecule has 3 rings (SSSR count). The highest BCUT2D eigenvalue weighted by atomic mass is 16.5. The van der Waals surface area contributed by atoms with Crippen molar-refractivity contribution in [3.05, 3.63) is 46.9 Å². The summed E-state index contributed by atoms with van der Waals surface area (Å²) in [5.74, 6) is 2.71. The van der Waals surface area contributed by atoms with Crippen LogP contribution in [0.3, 0.4) is 0 Å². The summed E-state index contributed by atoms with van der Waals surface area (Å²) in [5.41, 5.74) is 1.55. The van der Waals surface area contributed by atoms with E-state index in [0.717, 1.165) is 29.2 Å². The monoisotopic (exact) mass is 315 g/mol. The van der Waals surface area contributed by atoms with E-state index in [1.807, 2.05) is 32.0 Å². The van der Waals surface area contributed by atoms with Crippen LogP contribution in [0.4, 0.5) is 0 Å². The molecule has 1 unspecified atom stereocenters. The third kappa shape index (κ3) is 3.33. The molecule has 5 heteroatoms. The Morgan fingerprint density at radius 3 is 2.57 bits per heavy atom. The molecule has 0 radical (unpaired) electrons. The molecule has 1 amide bonds. The van der Waals surface area contributed by atoms with E-state index in [-0.39, 0.29) is 11.9 Å². The van der Waals surface area contributed by atoms with E-state index >= 15 is 0 Å². The lowest BCUT2D eigenvalue weighted by Gasteiger charge is -2.16. The number of fused-ring (bicyclic) bond motifs is 1. The molecule has 1 atom stereocenters. The van der Waals surface area contributed by atoms with E-state index < -0.39 is 0 Å².